The lowest BCUT2D eigenvalue weighted by Crippen LogP contribution is -2.52. The summed E-state index contributed by atoms with van der Waals surface area (Å²) in [6, 6.07) is 21.7. The molecule has 1 aliphatic rings. The molecule has 1 unspecified atom stereocenters. The van der Waals surface area contributed by atoms with Crippen LogP contribution in [-0.4, -0.2) is 28.8 Å². The Morgan fingerprint density at radius 1 is 0.833 bits per heavy atom. The van der Waals surface area contributed by atoms with Crippen LogP contribution in [0.5, 0.6) is 0 Å². The van der Waals surface area contributed by atoms with Gasteiger partial charge < -0.3 is 10.2 Å². The molecule has 188 valence electrons. The molecule has 3 aromatic rings. The number of halogens is 3. The zero-order chi connectivity index (χ0) is 25.5. The number of hydrogen-bond donors (Lipinski definition) is 1. The molecule has 0 radical (unpaired) electrons. The summed E-state index contributed by atoms with van der Waals surface area (Å²) in [5, 5.41) is 4.59. The van der Waals surface area contributed by atoms with Crippen LogP contribution < -0.4 is 5.32 Å². The highest BCUT2D eigenvalue weighted by Crippen LogP contribution is 2.27. The quantitative estimate of drug-likeness (QED) is 0.319. The van der Waals surface area contributed by atoms with Crippen LogP contribution >= 0.6 is 34.8 Å². The highest BCUT2D eigenvalue weighted by atomic mass is 35.5. The van der Waals surface area contributed by atoms with Gasteiger partial charge in [-0.15, -0.1) is 0 Å². The van der Waals surface area contributed by atoms with Crippen molar-refractivity contribution >= 4 is 46.6 Å². The van der Waals surface area contributed by atoms with E-state index in [1.807, 2.05) is 48.5 Å². The first kappa shape index (κ1) is 26.5. The molecule has 1 N–H and O–H groups in total. The van der Waals surface area contributed by atoms with Crippen LogP contribution in [0.1, 0.15) is 42.4 Å². The molecule has 0 bridgehead atoms. The van der Waals surface area contributed by atoms with Crippen molar-refractivity contribution in [1.29, 1.82) is 0 Å². The van der Waals surface area contributed by atoms with Gasteiger partial charge in [0, 0.05) is 34.1 Å². The number of rotatable bonds is 9. The molecule has 1 saturated carbocycles. The van der Waals surface area contributed by atoms with Crippen molar-refractivity contribution < 1.29 is 9.59 Å². The van der Waals surface area contributed by atoms with Gasteiger partial charge in [0.25, 0.3) is 0 Å². The zero-order valence-corrected chi connectivity index (χ0v) is 22.2. The Hall–Kier alpha value is -2.53. The lowest BCUT2D eigenvalue weighted by Gasteiger charge is -2.33. The van der Waals surface area contributed by atoms with Gasteiger partial charge in [0.05, 0.1) is 6.42 Å². The van der Waals surface area contributed by atoms with Gasteiger partial charge in [0.1, 0.15) is 6.04 Å². The van der Waals surface area contributed by atoms with Crippen molar-refractivity contribution in [2.45, 2.75) is 57.2 Å². The number of nitrogens with zero attached hydrogens (tertiary/aromatic N) is 1. The van der Waals surface area contributed by atoms with Crippen molar-refractivity contribution in [3.05, 3.63) is 105 Å². The van der Waals surface area contributed by atoms with Crippen LogP contribution in [0, 0.1) is 0 Å². The van der Waals surface area contributed by atoms with Gasteiger partial charge in [-0.1, -0.05) is 102 Å². The maximum absolute atomic E-state index is 13.9. The Bertz CT molecular complexity index is 1180. The first-order valence-electron chi connectivity index (χ1n) is 12.2. The molecule has 0 heterocycles. The maximum Gasteiger partial charge on any atom is 0.243 e. The lowest BCUT2D eigenvalue weighted by atomic mass is 10.0. The summed E-state index contributed by atoms with van der Waals surface area (Å²) in [7, 11) is 0. The molecule has 0 saturated heterocycles. The van der Waals surface area contributed by atoms with Gasteiger partial charge in [0.15, 0.2) is 0 Å². The average Bonchev–Trinajstić information content (AvgIpc) is 3.38. The van der Waals surface area contributed by atoms with E-state index in [1.165, 1.54) is 0 Å². The molecule has 7 heteroatoms. The van der Waals surface area contributed by atoms with E-state index in [9.17, 15) is 9.59 Å². The van der Waals surface area contributed by atoms with Gasteiger partial charge in [-0.2, -0.15) is 0 Å². The van der Waals surface area contributed by atoms with Crippen molar-refractivity contribution in [2.75, 3.05) is 0 Å². The van der Waals surface area contributed by atoms with E-state index >= 15 is 0 Å². The van der Waals surface area contributed by atoms with E-state index in [4.69, 9.17) is 34.8 Å². The fourth-order valence-electron chi connectivity index (χ4n) is 4.69. The fourth-order valence-corrected chi connectivity index (χ4v) is 5.41. The largest absolute Gasteiger partial charge is 0.352 e. The van der Waals surface area contributed by atoms with Crippen LogP contribution in [-0.2, 0) is 29.0 Å². The Balaban J connectivity index is 1.70. The Labute approximate surface area is 227 Å². The topological polar surface area (TPSA) is 49.4 Å². The second-order valence-corrected chi connectivity index (χ2v) is 10.4. The normalized spacial score (nSPS) is 14.4. The van der Waals surface area contributed by atoms with Crippen molar-refractivity contribution in [2.24, 2.45) is 0 Å². The third-order valence-corrected chi connectivity index (χ3v) is 7.74. The van der Waals surface area contributed by atoms with Crippen molar-refractivity contribution in [3.8, 4) is 0 Å². The molecule has 0 aliphatic heterocycles. The molecule has 4 nitrogen and oxygen atoms in total. The van der Waals surface area contributed by atoms with Gasteiger partial charge >= 0.3 is 0 Å². The fraction of sp³-hybridized carbons (Fsp3) is 0.310. The van der Waals surface area contributed by atoms with Crippen LogP contribution in [0.2, 0.25) is 15.1 Å². The molecule has 1 atom stereocenters. The van der Waals surface area contributed by atoms with Crippen LogP contribution in [0.4, 0.5) is 0 Å². The van der Waals surface area contributed by atoms with E-state index in [1.54, 1.807) is 29.2 Å². The Morgan fingerprint density at radius 2 is 1.44 bits per heavy atom. The molecule has 1 fully saturated rings. The Morgan fingerprint density at radius 3 is 2.11 bits per heavy atom. The zero-order valence-electron chi connectivity index (χ0n) is 19.9. The molecular weight excluding hydrogens is 515 g/mol. The second-order valence-electron chi connectivity index (χ2n) is 9.19. The lowest BCUT2D eigenvalue weighted by molar-refractivity contribution is -0.141. The van der Waals surface area contributed by atoms with E-state index in [-0.39, 0.29) is 30.8 Å². The highest BCUT2D eigenvalue weighted by molar-refractivity contribution is 6.36. The number of nitrogens with one attached hydrogen (secondary N) is 1. The molecule has 4 rings (SSSR count). The summed E-state index contributed by atoms with van der Waals surface area (Å²) in [6.45, 7) is 0.191. The predicted octanol–water partition coefficient (Wildman–Crippen LogP) is 6.89. The Kier molecular flexibility index (Phi) is 9.30. The molecule has 2 amide bonds. The summed E-state index contributed by atoms with van der Waals surface area (Å²) >= 11 is 19.3. The van der Waals surface area contributed by atoms with Crippen molar-refractivity contribution in [3.63, 3.8) is 0 Å². The third-order valence-electron chi connectivity index (χ3n) is 6.66. The average molecular weight is 544 g/mol. The number of benzene rings is 3. The van der Waals surface area contributed by atoms with Gasteiger partial charge in [-0.05, 0) is 47.7 Å². The van der Waals surface area contributed by atoms with Crippen LogP contribution in [0.25, 0.3) is 0 Å². The summed E-state index contributed by atoms with van der Waals surface area (Å²) < 4.78 is 0. The van der Waals surface area contributed by atoms with Crippen molar-refractivity contribution in [1.82, 2.24) is 10.2 Å². The standard InChI is InChI=1S/C29H29Cl3N2O2/c30-24-14-7-4-11-21(24)19-34(28(35)18-23-25(31)15-8-16-26(23)32)27(17-20-9-2-1-3-10-20)29(36)33-22-12-5-6-13-22/h1-4,7-11,14-16,22,27H,5-6,12-13,17-19H2,(H,33,36). The van der Waals surface area contributed by atoms with Crippen LogP contribution in [0.3, 0.4) is 0 Å². The van der Waals surface area contributed by atoms with E-state index < -0.39 is 6.04 Å². The van der Waals surface area contributed by atoms with E-state index in [0.29, 0.717) is 27.1 Å². The second kappa shape index (κ2) is 12.6. The molecular formula is C29H29Cl3N2O2. The highest BCUT2D eigenvalue weighted by Gasteiger charge is 2.33. The monoisotopic (exact) mass is 542 g/mol. The first-order valence-corrected chi connectivity index (χ1v) is 13.4. The summed E-state index contributed by atoms with van der Waals surface area (Å²) in [6.07, 6.45) is 4.47. The SMILES string of the molecule is O=C(NC1CCCC1)C(Cc1ccccc1)N(Cc1ccccc1Cl)C(=O)Cc1c(Cl)cccc1Cl. The molecule has 0 spiro atoms. The third kappa shape index (κ3) is 6.82. The minimum atomic E-state index is -0.724. The minimum Gasteiger partial charge on any atom is -0.352 e. The molecule has 3 aromatic carbocycles. The minimum absolute atomic E-state index is 0.0229. The number of carbonyl (C=O) groups is 2. The van der Waals surface area contributed by atoms with E-state index in [2.05, 4.69) is 5.32 Å². The first-order chi connectivity index (χ1) is 17.4. The summed E-state index contributed by atoms with van der Waals surface area (Å²) in [5.41, 5.74) is 2.28. The summed E-state index contributed by atoms with van der Waals surface area (Å²) in [5.74, 6) is -0.399. The predicted molar refractivity (Wildman–Crippen MR) is 147 cm³/mol. The molecule has 36 heavy (non-hydrogen) atoms. The van der Waals surface area contributed by atoms with E-state index in [0.717, 1.165) is 36.8 Å². The van der Waals surface area contributed by atoms with Crippen LogP contribution in [0.15, 0.2) is 72.8 Å². The number of carbonyl (C=O) groups excluding carboxylic acids is 2. The smallest absolute Gasteiger partial charge is 0.243 e. The number of amides is 2. The molecule has 0 aromatic heterocycles. The molecule has 1 aliphatic carbocycles. The maximum atomic E-state index is 13.9. The van der Waals surface area contributed by atoms with Gasteiger partial charge in [0.2, 0.25) is 11.8 Å². The summed E-state index contributed by atoms with van der Waals surface area (Å²) in [4.78, 5) is 29.2. The van der Waals surface area contributed by atoms with Gasteiger partial charge in [-0.3, -0.25) is 9.59 Å². The van der Waals surface area contributed by atoms with Gasteiger partial charge in [-0.25, -0.2) is 0 Å². The number of hydrogen-bond acceptors (Lipinski definition) is 2.